The average Bonchev–Trinajstić information content (AvgIpc) is 3.09. The van der Waals surface area contributed by atoms with Gasteiger partial charge in [-0.1, -0.05) is 5.21 Å². The van der Waals surface area contributed by atoms with E-state index < -0.39 is 6.10 Å². The van der Waals surface area contributed by atoms with Gasteiger partial charge in [0.25, 0.3) is 0 Å². The SMILES string of the molecule is CC(O)c1cn(Cc2csc(-c3ccco3)n2)nn1. The maximum Gasteiger partial charge on any atom is 0.162 e. The molecule has 0 aromatic carbocycles. The van der Waals surface area contributed by atoms with Crippen molar-refractivity contribution in [2.75, 3.05) is 0 Å². The van der Waals surface area contributed by atoms with E-state index in [1.807, 2.05) is 17.5 Å². The Balaban J connectivity index is 1.76. The lowest BCUT2D eigenvalue weighted by Crippen LogP contribution is -2.00. The quantitative estimate of drug-likeness (QED) is 0.789. The lowest BCUT2D eigenvalue weighted by atomic mass is 10.3. The van der Waals surface area contributed by atoms with Crippen molar-refractivity contribution >= 4 is 11.3 Å². The molecule has 0 spiro atoms. The lowest BCUT2D eigenvalue weighted by Gasteiger charge is -1.96. The predicted molar refractivity (Wildman–Crippen MR) is 69.6 cm³/mol. The van der Waals surface area contributed by atoms with Crippen LogP contribution < -0.4 is 0 Å². The predicted octanol–water partition coefficient (Wildman–Crippen LogP) is 2.10. The molecule has 3 aromatic rings. The Hall–Kier alpha value is -1.99. The summed E-state index contributed by atoms with van der Waals surface area (Å²) >= 11 is 1.52. The van der Waals surface area contributed by atoms with Crippen LogP contribution in [0, 0.1) is 0 Å². The number of furan rings is 1. The van der Waals surface area contributed by atoms with Gasteiger partial charge in [-0.25, -0.2) is 9.67 Å². The average molecular weight is 276 g/mol. The molecule has 19 heavy (non-hydrogen) atoms. The van der Waals surface area contributed by atoms with Gasteiger partial charge in [0.1, 0.15) is 5.69 Å². The molecule has 0 saturated carbocycles. The molecule has 0 amide bonds. The molecule has 0 aliphatic rings. The summed E-state index contributed by atoms with van der Waals surface area (Å²) in [5.41, 5.74) is 1.44. The minimum absolute atomic E-state index is 0.525. The molecule has 0 saturated heterocycles. The second-order valence-electron chi connectivity index (χ2n) is 4.14. The van der Waals surface area contributed by atoms with Crippen LogP contribution in [-0.4, -0.2) is 25.1 Å². The van der Waals surface area contributed by atoms with E-state index in [0.717, 1.165) is 16.5 Å². The Bertz CT molecular complexity index is 657. The Kier molecular flexibility index (Phi) is 3.14. The van der Waals surface area contributed by atoms with Gasteiger partial charge in [-0.05, 0) is 19.1 Å². The number of aliphatic hydroxyl groups is 1. The van der Waals surface area contributed by atoms with Crippen LogP contribution >= 0.6 is 11.3 Å². The molecule has 0 bridgehead atoms. The molecular formula is C12H12N4O2S. The first-order valence-corrected chi connectivity index (χ1v) is 6.67. The third-order valence-electron chi connectivity index (χ3n) is 2.59. The van der Waals surface area contributed by atoms with Gasteiger partial charge in [-0.15, -0.1) is 16.4 Å². The van der Waals surface area contributed by atoms with Crippen molar-refractivity contribution in [3.05, 3.63) is 41.4 Å². The van der Waals surface area contributed by atoms with E-state index in [4.69, 9.17) is 4.42 Å². The molecule has 1 N–H and O–H groups in total. The van der Waals surface area contributed by atoms with Crippen LogP contribution in [0.5, 0.6) is 0 Å². The van der Waals surface area contributed by atoms with Crippen molar-refractivity contribution < 1.29 is 9.52 Å². The van der Waals surface area contributed by atoms with E-state index in [1.54, 1.807) is 24.1 Å². The fourth-order valence-corrected chi connectivity index (χ4v) is 2.42. The van der Waals surface area contributed by atoms with Crippen molar-refractivity contribution in [3.63, 3.8) is 0 Å². The Morgan fingerprint density at radius 2 is 2.42 bits per heavy atom. The van der Waals surface area contributed by atoms with Crippen LogP contribution in [0.3, 0.4) is 0 Å². The molecule has 3 rings (SSSR count). The van der Waals surface area contributed by atoms with Crippen molar-refractivity contribution in [2.45, 2.75) is 19.6 Å². The molecule has 0 aliphatic carbocycles. The number of nitrogens with zero attached hydrogens (tertiary/aromatic N) is 4. The first kappa shape index (κ1) is 12.1. The van der Waals surface area contributed by atoms with Crippen LogP contribution in [0.1, 0.15) is 24.4 Å². The summed E-state index contributed by atoms with van der Waals surface area (Å²) in [4.78, 5) is 4.48. The number of hydrogen-bond donors (Lipinski definition) is 1. The van der Waals surface area contributed by atoms with Crippen molar-refractivity contribution in [3.8, 4) is 10.8 Å². The monoisotopic (exact) mass is 276 g/mol. The summed E-state index contributed by atoms with van der Waals surface area (Å²) in [5, 5.41) is 20.0. The van der Waals surface area contributed by atoms with Crippen molar-refractivity contribution in [1.82, 2.24) is 20.0 Å². The van der Waals surface area contributed by atoms with Crippen molar-refractivity contribution in [2.24, 2.45) is 0 Å². The van der Waals surface area contributed by atoms with E-state index in [1.165, 1.54) is 11.3 Å². The third-order valence-corrected chi connectivity index (χ3v) is 3.50. The highest BCUT2D eigenvalue weighted by Gasteiger charge is 2.10. The number of hydrogen-bond acceptors (Lipinski definition) is 6. The van der Waals surface area contributed by atoms with Crippen LogP contribution in [0.2, 0.25) is 0 Å². The number of rotatable bonds is 4. The van der Waals surface area contributed by atoms with Crippen LogP contribution in [0.4, 0.5) is 0 Å². The van der Waals surface area contributed by atoms with Gasteiger partial charge in [-0.3, -0.25) is 0 Å². The van der Waals surface area contributed by atoms with Crippen molar-refractivity contribution in [1.29, 1.82) is 0 Å². The lowest BCUT2D eigenvalue weighted by molar-refractivity contribution is 0.194. The summed E-state index contributed by atoms with van der Waals surface area (Å²) in [6.07, 6.45) is 2.74. The van der Waals surface area contributed by atoms with Gasteiger partial charge in [0.2, 0.25) is 0 Å². The molecule has 0 fully saturated rings. The maximum absolute atomic E-state index is 9.39. The topological polar surface area (TPSA) is 77.0 Å². The molecule has 0 aliphatic heterocycles. The molecule has 3 heterocycles. The van der Waals surface area contributed by atoms with Crippen LogP contribution in [0.15, 0.2) is 34.4 Å². The molecule has 1 unspecified atom stereocenters. The molecule has 1 atom stereocenters. The van der Waals surface area contributed by atoms with E-state index in [2.05, 4.69) is 15.3 Å². The number of aromatic nitrogens is 4. The Morgan fingerprint density at radius 3 is 3.11 bits per heavy atom. The second kappa shape index (κ2) is 4.94. The summed E-state index contributed by atoms with van der Waals surface area (Å²) in [6.45, 7) is 2.18. The second-order valence-corrected chi connectivity index (χ2v) is 5.00. The highest BCUT2D eigenvalue weighted by Crippen LogP contribution is 2.24. The van der Waals surface area contributed by atoms with Gasteiger partial charge in [-0.2, -0.15) is 0 Å². The molecule has 98 valence electrons. The van der Waals surface area contributed by atoms with Gasteiger partial charge >= 0.3 is 0 Å². The minimum atomic E-state index is -0.608. The third kappa shape index (κ3) is 2.56. The summed E-state index contributed by atoms with van der Waals surface area (Å²) in [5.74, 6) is 0.763. The number of thiazole rings is 1. The highest BCUT2D eigenvalue weighted by molar-refractivity contribution is 7.13. The standard InChI is InChI=1S/C12H12N4O2S/c1-8(17)10-6-16(15-14-10)5-9-7-19-12(13-9)11-3-2-4-18-11/h2-4,6-8,17H,5H2,1H3. The van der Waals surface area contributed by atoms with Crippen LogP contribution in [-0.2, 0) is 6.54 Å². The van der Waals surface area contributed by atoms with Crippen LogP contribution in [0.25, 0.3) is 10.8 Å². The van der Waals surface area contributed by atoms with Gasteiger partial charge in [0, 0.05) is 5.38 Å². The first-order chi connectivity index (χ1) is 9.22. The zero-order valence-corrected chi connectivity index (χ0v) is 11.0. The molecule has 7 heteroatoms. The van der Waals surface area contributed by atoms with E-state index in [-0.39, 0.29) is 0 Å². The zero-order chi connectivity index (χ0) is 13.2. The minimum Gasteiger partial charge on any atom is -0.462 e. The molecule has 0 radical (unpaired) electrons. The van der Waals surface area contributed by atoms with Gasteiger partial charge in [0.05, 0.1) is 30.8 Å². The van der Waals surface area contributed by atoms with E-state index in [9.17, 15) is 5.11 Å². The van der Waals surface area contributed by atoms with Gasteiger partial charge in [0.15, 0.2) is 10.8 Å². The highest BCUT2D eigenvalue weighted by atomic mass is 32.1. The largest absolute Gasteiger partial charge is 0.462 e. The molecule has 3 aromatic heterocycles. The molecular weight excluding hydrogens is 264 g/mol. The Morgan fingerprint density at radius 1 is 1.53 bits per heavy atom. The number of aliphatic hydroxyl groups excluding tert-OH is 1. The maximum atomic E-state index is 9.39. The summed E-state index contributed by atoms with van der Waals surface area (Å²) < 4.78 is 6.95. The zero-order valence-electron chi connectivity index (χ0n) is 10.2. The summed E-state index contributed by atoms with van der Waals surface area (Å²) in [7, 11) is 0. The fourth-order valence-electron chi connectivity index (χ4n) is 1.64. The normalized spacial score (nSPS) is 12.7. The van der Waals surface area contributed by atoms with E-state index >= 15 is 0 Å². The first-order valence-electron chi connectivity index (χ1n) is 5.79. The fraction of sp³-hybridized carbons (Fsp3) is 0.250. The molecule has 6 nitrogen and oxygen atoms in total. The van der Waals surface area contributed by atoms with E-state index in [0.29, 0.717) is 12.2 Å². The van der Waals surface area contributed by atoms with Gasteiger partial charge < -0.3 is 9.52 Å². The summed E-state index contributed by atoms with van der Waals surface area (Å²) in [6, 6.07) is 3.71. The smallest absolute Gasteiger partial charge is 0.162 e. The Labute approximate surface area is 113 Å².